The van der Waals surface area contributed by atoms with Crippen molar-refractivity contribution in [2.75, 3.05) is 7.05 Å². The second-order valence-electron chi connectivity index (χ2n) is 16.5. The van der Waals surface area contributed by atoms with Crippen LogP contribution in [0.15, 0.2) is 210 Å². The van der Waals surface area contributed by atoms with Crippen LogP contribution in [-0.4, -0.2) is 27.0 Å². The molecular weight excluding hydrogens is 759 g/mol. The Kier molecular flexibility index (Phi) is 7.62. The lowest BCUT2D eigenvalue weighted by molar-refractivity contribution is -0.751. The molecule has 0 fully saturated rings. The molecule has 0 amide bonds. The predicted octanol–water partition coefficient (Wildman–Crippen LogP) is 12.7. The largest absolute Gasteiger partial charge is 0.456 e. The summed E-state index contributed by atoms with van der Waals surface area (Å²) in [4.78, 5) is 8.14. The average Bonchev–Trinajstić information content (AvgIpc) is 4.00. The number of aromatic nitrogens is 2. The van der Waals surface area contributed by atoms with Gasteiger partial charge in [0.1, 0.15) is 11.2 Å². The van der Waals surface area contributed by atoms with Gasteiger partial charge in [-0.3, -0.25) is 14.8 Å². The summed E-state index contributed by atoms with van der Waals surface area (Å²) >= 11 is 0. The fourth-order valence-corrected chi connectivity index (χ4v) is 10.4. The van der Waals surface area contributed by atoms with E-state index in [1.165, 1.54) is 60.0 Å². The molecule has 9 aromatic carbocycles. The number of quaternary nitrogens is 1. The third kappa shape index (κ3) is 5.04. The predicted molar refractivity (Wildman–Crippen MR) is 255 cm³/mol. The van der Waals surface area contributed by atoms with Crippen molar-refractivity contribution in [1.82, 2.24) is 14.0 Å². The fourth-order valence-electron chi connectivity index (χ4n) is 10.4. The Labute approximate surface area is 357 Å². The standard InChI is InChI=1S/C56H39N5O/c1-59-55(45-34-31-39(37-21-8-9-22-38(37)45)42-26-16-30-50-51(42)46-25-12-15-29-49(46)62-50)57-54(35-17-4-2-5-18-35)58-56(59)61-48-28-14-11-24-41(48)44-33-32-43-40-23-10-13-27-47(40)60(52(43)53(44)61)36-19-6-3-7-20-36/h2-34,54-55,57H,1H3/p+1. The number of nitrogens with zero attached hydrogens (tertiary/aromatic N) is 4. The van der Waals surface area contributed by atoms with Crippen LogP contribution in [0, 0.1) is 0 Å². The number of rotatable bonds is 4. The lowest BCUT2D eigenvalue weighted by Crippen LogP contribution is -2.91. The third-order valence-corrected chi connectivity index (χ3v) is 13.1. The number of furan rings is 1. The molecule has 0 aliphatic carbocycles. The van der Waals surface area contributed by atoms with E-state index >= 15 is 0 Å². The molecule has 0 saturated heterocycles. The molecule has 2 unspecified atom stereocenters. The molecule has 2 atom stereocenters. The first-order valence-corrected chi connectivity index (χ1v) is 21.4. The minimum absolute atomic E-state index is 0.118. The van der Waals surface area contributed by atoms with Crippen molar-refractivity contribution in [3.05, 3.63) is 211 Å². The Morgan fingerprint density at radius 3 is 1.77 bits per heavy atom. The van der Waals surface area contributed by atoms with E-state index in [0.29, 0.717) is 0 Å². The van der Waals surface area contributed by atoms with Crippen LogP contribution in [-0.2, 0) is 0 Å². The van der Waals surface area contributed by atoms with E-state index in [1.807, 2.05) is 6.07 Å². The Morgan fingerprint density at radius 1 is 0.452 bits per heavy atom. The second kappa shape index (κ2) is 13.5. The molecule has 0 spiro atoms. The van der Waals surface area contributed by atoms with E-state index in [-0.39, 0.29) is 12.3 Å². The monoisotopic (exact) mass is 798 g/mol. The summed E-state index contributed by atoms with van der Waals surface area (Å²) in [6.07, 6.45) is -0.320. The zero-order valence-corrected chi connectivity index (χ0v) is 34.0. The fraction of sp³-hybridized carbons (Fsp3) is 0.0536. The van der Waals surface area contributed by atoms with Crippen molar-refractivity contribution >= 4 is 82.3 Å². The molecule has 1 aliphatic heterocycles. The topological polar surface area (TPSA) is 55.2 Å². The van der Waals surface area contributed by atoms with Gasteiger partial charge in [0.15, 0.2) is 6.17 Å². The van der Waals surface area contributed by atoms with Gasteiger partial charge in [0.05, 0.1) is 22.1 Å². The van der Waals surface area contributed by atoms with E-state index in [4.69, 9.17) is 9.41 Å². The molecular formula is C56H40N5O+. The Hall–Kier alpha value is -7.93. The van der Waals surface area contributed by atoms with Gasteiger partial charge in [-0.1, -0.05) is 158 Å². The van der Waals surface area contributed by atoms with Crippen molar-refractivity contribution in [2.24, 2.45) is 4.99 Å². The van der Waals surface area contributed by atoms with E-state index in [1.54, 1.807) is 0 Å². The van der Waals surface area contributed by atoms with Gasteiger partial charge >= 0.3 is 0 Å². The summed E-state index contributed by atoms with van der Waals surface area (Å²) in [7, 11) is 2.22. The first-order chi connectivity index (χ1) is 30.7. The zero-order chi connectivity index (χ0) is 40.9. The van der Waals surface area contributed by atoms with Crippen molar-refractivity contribution in [3.8, 4) is 16.8 Å². The van der Waals surface area contributed by atoms with Crippen LogP contribution < -0.4 is 5.32 Å². The average molecular weight is 799 g/mol. The molecule has 0 bridgehead atoms. The van der Waals surface area contributed by atoms with E-state index in [2.05, 4.69) is 221 Å². The molecule has 13 rings (SSSR count). The highest BCUT2D eigenvalue weighted by Gasteiger charge is 2.37. The third-order valence-electron chi connectivity index (χ3n) is 13.1. The van der Waals surface area contributed by atoms with Gasteiger partial charge in [-0.25, -0.2) is 0 Å². The van der Waals surface area contributed by atoms with Gasteiger partial charge in [0, 0.05) is 56.2 Å². The van der Waals surface area contributed by atoms with Gasteiger partial charge < -0.3 is 8.98 Å². The van der Waals surface area contributed by atoms with Gasteiger partial charge in [0.2, 0.25) is 12.1 Å². The number of aliphatic imine (C=N–C) groups is 1. The molecule has 3 aromatic heterocycles. The van der Waals surface area contributed by atoms with Crippen LogP contribution in [0.2, 0.25) is 0 Å². The number of hydrogen-bond donors (Lipinski definition) is 1. The molecule has 6 nitrogen and oxygen atoms in total. The van der Waals surface area contributed by atoms with Crippen LogP contribution in [0.1, 0.15) is 23.5 Å². The summed E-state index contributed by atoms with van der Waals surface area (Å²) < 4.78 is 11.3. The number of nitrogens with two attached hydrogens (primary N) is 1. The number of para-hydroxylation sites is 4. The van der Waals surface area contributed by atoms with E-state index < -0.39 is 0 Å². The van der Waals surface area contributed by atoms with Gasteiger partial charge in [0.25, 0.3) is 0 Å². The quantitative estimate of drug-likeness (QED) is 0.193. The summed E-state index contributed by atoms with van der Waals surface area (Å²) in [5.41, 5.74) is 12.3. The second-order valence-corrected chi connectivity index (χ2v) is 16.5. The first-order valence-electron chi connectivity index (χ1n) is 21.4. The summed E-state index contributed by atoms with van der Waals surface area (Å²) in [6, 6.07) is 72.1. The van der Waals surface area contributed by atoms with Crippen LogP contribution in [0.4, 0.5) is 0 Å². The SMILES string of the molecule is CN1C(n2c3ccccc3c3ccc4c5ccccc5n(-c5ccccc5)c4c32)=NC(c2ccccc2)[NH2+]C1c1ccc(-c2cccc3oc4ccccc4c23)c2ccccc12. The first kappa shape index (κ1) is 34.9. The molecule has 1 aliphatic rings. The Bertz CT molecular complexity index is 3760. The number of hydrogen-bond acceptors (Lipinski definition) is 3. The molecule has 0 saturated carbocycles. The highest BCUT2D eigenvalue weighted by Crippen LogP contribution is 2.43. The van der Waals surface area contributed by atoms with Crippen molar-refractivity contribution < 1.29 is 9.73 Å². The smallest absolute Gasteiger partial charge is 0.216 e. The van der Waals surface area contributed by atoms with Crippen LogP contribution in [0.3, 0.4) is 0 Å². The van der Waals surface area contributed by atoms with Gasteiger partial charge in [-0.05, 0) is 64.4 Å². The molecule has 2 N–H and O–H groups in total. The maximum atomic E-state index is 6.37. The Balaban J connectivity index is 1.07. The van der Waals surface area contributed by atoms with Crippen molar-refractivity contribution in [2.45, 2.75) is 12.3 Å². The highest BCUT2D eigenvalue weighted by atomic mass is 16.3. The molecule has 62 heavy (non-hydrogen) atoms. The number of benzene rings is 9. The van der Waals surface area contributed by atoms with Gasteiger partial charge in [-0.15, -0.1) is 0 Å². The van der Waals surface area contributed by atoms with E-state index in [0.717, 1.165) is 50.2 Å². The normalized spacial score (nSPS) is 15.8. The Morgan fingerprint density at radius 2 is 1.03 bits per heavy atom. The van der Waals surface area contributed by atoms with Crippen LogP contribution in [0.5, 0.6) is 0 Å². The maximum absolute atomic E-state index is 6.37. The molecule has 12 aromatic rings. The molecule has 0 radical (unpaired) electrons. The maximum Gasteiger partial charge on any atom is 0.216 e. The van der Waals surface area contributed by atoms with Crippen molar-refractivity contribution in [3.63, 3.8) is 0 Å². The summed E-state index contributed by atoms with van der Waals surface area (Å²) in [5, 5.41) is 11.9. The minimum Gasteiger partial charge on any atom is -0.456 e. The molecule has 6 heteroatoms. The van der Waals surface area contributed by atoms with Crippen LogP contribution >= 0.6 is 0 Å². The zero-order valence-electron chi connectivity index (χ0n) is 34.0. The van der Waals surface area contributed by atoms with Gasteiger partial charge in [-0.2, -0.15) is 4.99 Å². The van der Waals surface area contributed by atoms with Crippen molar-refractivity contribution in [1.29, 1.82) is 0 Å². The molecule has 294 valence electrons. The lowest BCUT2D eigenvalue weighted by atomic mass is 9.91. The summed E-state index contributed by atoms with van der Waals surface area (Å²) in [6.45, 7) is 0. The summed E-state index contributed by atoms with van der Waals surface area (Å²) in [5.74, 6) is 0.901. The highest BCUT2D eigenvalue weighted by molar-refractivity contribution is 6.26. The lowest BCUT2D eigenvalue weighted by Gasteiger charge is -2.37. The van der Waals surface area contributed by atoms with E-state index in [9.17, 15) is 0 Å². The molecule has 4 heterocycles. The van der Waals surface area contributed by atoms with Crippen LogP contribution in [0.25, 0.3) is 93.1 Å². The minimum atomic E-state index is -0.202. The number of fused-ring (bicyclic) bond motifs is 11.